The summed E-state index contributed by atoms with van der Waals surface area (Å²) in [7, 11) is 0. The average Bonchev–Trinajstić information content (AvgIpc) is 3.27. The van der Waals surface area contributed by atoms with Crippen LogP contribution in [0, 0.1) is 0 Å². The molecule has 4 nitrogen and oxygen atoms in total. The van der Waals surface area contributed by atoms with Crippen molar-refractivity contribution in [3.63, 3.8) is 0 Å². The first-order valence-corrected chi connectivity index (χ1v) is 14.4. The molecule has 1 unspecified atom stereocenters. The van der Waals surface area contributed by atoms with Crippen LogP contribution in [0.1, 0.15) is 81.4 Å². The second-order valence-corrected chi connectivity index (χ2v) is 10.1. The van der Waals surface area contributed by atoms with E-state index in [1.54, 1.807) is 0 Å². The molecule has 0 aromatic heterocycles. The Morgan fingerprint density at radius 1 is 0.763 bits per heavy atom. The third-order valence-corrected chi connectivity index (χ3v) is 7.33. The van der Waals surface area contributed by atoms with Crippen LogP contribution in [0.3, 0.4) is 0 Å². The number of hydrogen-bond donors (Lipinski definition) is 0. The third-order valence-electron chi connectivity index (χ3n) is 7.33. The number of carbonyl (C=O) groups excluding carboxylic acids is 1. The lowest BCUT2D eigenvalue weighted by Crippen LogP contribution is -2.29. The molecule has 0 N–H and O–H groups in total. The van der Waals surface area contributed by atoms with Crippen LogP contribution in [0.2, 0.25) is 0 Å². The zero-order valence-corrected chi connectivity index (χ0v) is 23.0. The van der Waals surface area contributed by atoms with E-state index in [-0.39, 0.29) is 5.97 Å². The van der Waals surface area contributed by atoms with E-state index in [9.17, 15) is 4.79 Å². The molecule has 1 aliphatic rings. The van der Waals surface area contributed by atoms with Gasteiger partial charge in [0.15, 0.2) is 6.10 Å². The van der Waals surface area contributed by atoms with Gasteiger partial charge in [-0.15, -0.1) is 0 Å². The summed E-state index contributed by atoms with van der Waals surface area (Å²) in [6.45, 7) is 5.66. The molecule has 4 heteroatoms. The molecule has 4 rings (SSSR count). The summed E-state index contributed by atoms with van der Waals surface area (Å²) in [6, 6.07) is 25.6. The summed E-state index contributed by atoms with van der Waals surface area (Å²) >= 11 is 0. The zero-order chi connectivity index (χ0) is 26.6. The smallest absolute Gasteiger partial charge is 0.335 e. The molecule has 38 heavy (non-hydrogen) atoms. The van der Waals surface area contributed by atoms with E-state index in [2.05, 4.69) is 55.5 Å². The Bertz CT molecular complexity index is 1090. The van der Waals surface area contributed by atoms with Crippen molar-refractivity contribution in [2.75, 3.05) is 19.8 Å². The number of esters is 1. The summed E-state index contributed by atoms with van der Waals surface area (Å²) in [6.07, 6.45) is 7.67. The van der Waals surface area contributed by atoms with Gasteiger partial charge in [0.1, 0.15) is 5.75 Å². The van der Waals surface area contributed by atoms with Crippen LogP contribution >= 0.6 is 0 Å². The maximum Gasteiger partial charge on any atom is 0.335 e. The number of benzene rings is 3. The molecule has 0 saturated heterocycles. The molecule has 0 heterocycles. The molecule has 0 bridgehead atoms. The second-order valence-electron chi connectivity index (χ2n) is 10.1. The van der Waals surface area contributed by atoms with Crippen molar-refractivity contribution in [3.8, 4) is 16.9 Å². The quantitative estimate of drug-likeness (QED) is 0.143. The highest BCUT2D eigenvalue weighted by atomic mass is 16.6. The number of unbranched alkanes of at least 4 members (excludes halogenated alkanes) is 4. The van der Waals surface area contributed by atoms with Gasteiger partial charge < -0.3 is 14.2 Å². The molecule has 202 valence electrons. The molecule has 3 aromatic rings. The SMILES string of the molecule is CCCCCCOC(Cc1ccc(OCCCCC2c3ccccc3-c3ccccc32)cc1)C(=O)OCC. The lowest BCUT2D eigenvalue weighted by atomic mass is 9.92. The molecular formula is C34H42O4. The Kier molecular flexibility index (Phi) is 10.8. The van der Waals surface area contributed by atoms with Gasteiger partial charge in [-0.25, -0.2) is 4.79 Å². The van der Waals surface area contributed by atoms with Crippen LogP contribution in [0.4, 0.5) is 0 Å². The van der Waals surface area contributed by atoms with Crippen LogP contribution in [-0.2, 0) is 20.7 Å². The van der Waals surface area contributed by atoms with E-state index in [4.69, 9.17) is 14.2 Å². The summed E-state index contributed by atoms with van der Waals surface area (Å²) in [5.41, 5.74) is 6.73. The molecule has 0 amide bonds. The van der Waals surface area contributed by atoms with E-state index >= 15 is 0 Å². The fraction of sp³-hybridized carbons (Fsp3) is 0.441. The predicted octanol–water partition coefficient (Wildman–Crippen LogP) is 8.12. The van der Waals surface area contributed by atoms with Gasteiger partial charge in [-0.2, -0.15) is 0 Å². The van der Waals surface area contributed by atoms with Crippen LogP contribution in [-0.4, -0.2) is 31.9 Å². The molecule has 1 aliphatic carbocycles. The minimum atomic E-state index is -0.561. The van der Waals surface area contributed by atoms with Crippen molar-refractivity contribution in [1.82, 2.24) is 0 Å². The molecular weight excluding hydrogens is 472 g/mol. The topological polar surface area (TPSA) is 44.8 Å². The van der Waals surface area contributed by atoms with Gasteiger partial charge in [0.05, 0.1) is 13.2 Å². The van der Waals surface area contributed by atoms with Gasteiger partial charge in [-0.1, -0.05) is 86.8 Å². The lowest BCUT2D eigenvalue weighted by molar-refractivity contribution is -0.156. The van der Waals surface area contributed by atoms with Gasteiger partial charge in [-0.05, 0) is 72.6 Å². The number of hydrogen-bond acceptors (Lipinski definition) is 4. The maximum absolute atomic E-state index is 12.4. The Morgan fingerprint density at radius 3 is 2.08 bits per heavy atom. The second kappa shape index (κ2) is 14.7. The van der Waals surface area contributed by atoms with Gasteiger partial charge >= 0.3 is 5.97 Å². The van der Waals surface area contributed by atoms with Gasteiger partial charge in [-0.3, -0.25) is 0 Å². The minimum Gasteiger partial charge on any atom is -0.494 e. The monoisotopic (exact) mass is 514 g/mol. The largest absolute Gasteiger partial charge is 0.494 e. The van der Waals surface area contributed by atoms with Crippen molar-refractivity contribution in [1.29, 1.82) is 0 Å². The Morgan fingerprint density at radius 2 is 1.42 bits per heavy atom. The minimum absolute atomic E-state index is 0.282. The first-order chi connectivity index (χ1) is 18.7. The van der Waals surface area contributed by atoms with Crippen LogP contribution in [0.25, 0.3) is 11.1 Å². The van der Waals surface area contributed by atoms with E-state index in [1.807, 2.05) is 31.2 Å². The molecule has 0 radical (unpaired) electrons. The Hall–Kier alpha value is -3.11. The highest BCUT2D eigenvalue weighted by molar-refractivity contribution is 5.78. The number of carbonyl (C=O) groups is 1. The summed E-state index contributed by atoms with van der Waals surface area (Å²) < 4.78 is 17.2. The van der Waals surface area contributed by atoms with Gasteiger partial charge in [0, 0.05) is 18.9 Å². The molecule has 3 aromatic carbocycles. The van der Waals surface area contributed by atoms with Crippen molar-refractivity contribution >= 4 is 5.97 Å². The Balaban J connectivity index is 1.22. The lowest BCUT2D eigenvalue weighted by Gasteiger charge is -2.17. The first kappa shape index (κ1) is 27.9. The normalized spacial score (nSPS) is 13.1. The fourth-order valence-corrected chi connectivity index (χ4v) is 5.35. The highest BCUT2D eigenvalue weighted by Gasteiger charge is 2.27. The molecule has 0 spiro atoms. The number of rotatable bonds is 16. The van der Waals surface area contributed by atoms with Crippen molar-refractivity contribution in [3.05, 3.63) is 89.5 Å². The van der Waals surface area contributed by atoms with Gasteiger partial charge in [0.25, 0.3) is 0 Å². The molecule has 0 aliphatic heterocycles. The van der Waals surface area contributed by atoms with E-state index in [0.29, 0.717) is 32.2 Å². The summed E-state index contributed by atoms with van der Waals surface area (Å²) in [4.78, 5) is 12.4. The van der Waals surface area contributed by atoms with Crippen LogP contribution < -0.4 is 4.74 Å². The molecule has 0 fully saturated rings. The van der Waals surface area contributed by atoms with Crippen molar-refractivity contribution < 1.29 is 19.0 Å². The van der Waals surface area contributed by atoms with Crippen LogP contribution in [0.5, 0.6) is 5.75 Å². The Labute approximate surface area is 228 Å². The standard InChI is InChI=1S/C34H42O4/c1-3-5-6-12-24-38-33(34(35)36-4-2)25-26-19-21-27(22-20-26)37-23-13-11-18-32-30-16-9-7-14-28(30)29-15-8-10-17-31(29)32/h7-10,14-17,19-22,32-33H,3-6,11-13,18,23-25H2,1-2H3. The predicted molar refractivity (Wildman–Crippen MR) is 154 cm³/mol. The molecule has 1 atom stereocenters. The number of ether oxygens (including phenoxy) is 3. The maximum atomic E-state index is 12.4. The summed E-state index contributed by atoms with van der Waals surface area (Å²) in [5, 5.41) is 0. The van der Waals surface area contributed by atoms with E-state index in [0.717, 1.165) is 43.4 Å². The van der Waals surface area contributed by atoms with E-state index in [1.165, 1.54) is 35.1 Å². The zero-order valence-electron chi connectivity index (χ0n) is 23.0. The van der Waals surface area contributed by atoms with E-state index < -0.39 is 6.10 Å². The van der Waals surface area contributed by atoms with Crippen LogP contribution in [0.15, 0.2) is 72.8 Å². The van der Waals surface area contributed by atoms with Gasteiger partial charge in [0.2, 0.25) is 0 Å². The number of fused-ring (bicyclic) bond motifs is 3. The first-order valence-electron chi connectivity index (χ1n) is 14.4. The summed E-state index contributed by atoms with van der Waals surface area (Å²) in [5.74, 6) is 1.05. The average molecular weight is 515 g/mol. The molecule has 0 saturated carbocycles. The third kappa shape index (κ3) is 7.48. The highest BCUT2D eigenvalue weighted by Crippen LogP contribution is 2.46. The van der Waals surface area contributed by atoms with Crippen molar-refractivity contribution in [2.45, 2.75) is 77.2 Å². The fourth-order valence-electron chi connectivity index (χ4n) is 5.35. The van der Waals surface area contributed by atoms with Crippen molar-refractivity contribution in [2.24, 2.45) is 0 Å².